The van der Waals surface area contributed by atoms with Crippen LogP contribution in [0.1, 0.15) is 25.3 Å². The number of nitrogens with one attached hydrogen (secondary N) is 1. The third-order valence-corrected chi connectivity index (χ3v) is 5.69. The molecule has 0 aromatic heterocycles. The van der Waals surface area contributed by atoms with Gasteiger partial charge in [-0.2, -0.15) is 0 Å². The minimum absolute atomic E-state index is 0.129. The van der Waals surface area contributed by atoms with Gasteiger partial charge in [0, 0.05) is 6.54 Å². The van der Waals surface area contributed by atoms with Crippen molar-refractivity contribution < 1.29 is 22.3 Å². The molecule has 0 spiro atoms. The molecule has 0 aliphatic heterocycles. The lowest BCUT2D eigenvalue weighted by Gasteiger charge is -2.30. The number of rotatable bonds is 10. The van der Waals surface area contributed by atoms with E-state index in [2.05, 4.69) is 5.32 Å². The molecular formula is C21H27FN2O4S. The second kappa shape index (κ2) is 10.2. The lowest BCUT2D eigenvalue weighted by molar-refractivity contribution is -0.122. The predicted molar refractivity (Wildman–Crippen MR) is 112 cm³/mol. The van der Waals surface area contributed by atoms with E-state index < -0.39 is 27.8 Å². The number of halogens is 1. The lowest BCUT2D eigenvalue weighted by atomic mass is 10.1. The fourth-order valence-electron chi connectivity index (χ4n) is 3.08. The molecule has 0 heterocycles. The zero-order valence-electron chi connectivity index (χ0n) is 16.9. The van der Waals surface area contributed by atoms with Gasteiger partial charge in [0.15, 0.2) is 0 Å². The zero-order valence-corrected chi connectivity index (χ0v) is 17.7. The number of ether oxygens (including phenoxy) is 1. The van der Waals surface area contributed by atoms with Gasteiger partial charge in [-0.3, -0.25) is 9.10 Å². The van der Waals surface area contributed by atoms with Crippen molar-refractivity contribution in [3.8, 4) is 5.75 Å². The smallest absolute Gasteiger partial charge is 0.243 e. The van der Waals surface area contributed by atoms with Gasteiger partial charge in [0.1, 0.15) is 17.6 Å². The fraction of sp³-hybridized carbons (Fsp3) is 0.381. The molecule has 0 saturated heterocycles. The number of aryl methyl sites for hydroxylation is 1. The molecule has 1 N–H and O–H groups in total. The maximum absolute atomic E-state index is 14.2. The monoisotopic (exact) mass is 422 g/mol. The van der Waals surface area contributed by atoms with Crippen LogP contribution in [-0.4, -0.2) is 40.3 Å². The Balaban J connectivity index is 2.02. The Kier molecular flexibility index (Phi) is 8.01. The van der Waals surface area contributed by atoms with E-state index in [4.69, 9.17) is 4.74 Å². The highest BCUT2D eigenvalue weighted by Crippen LogP contribution is 2.25. The molecule has 1 atom stereocenters. The van der Waals surface area contributed by atoms with Gasteiger partial charge in [-0.05, 0) is 49.1 Å². The molecule has 0 saturated carbocycles. The van der Waals surface area contributed by atoms with Crippen molar-refractivity contribution in [1.29, 1.82) is 0 Å². The van der Waals surface area contributed by atoms with Crippen LogP contribution in [0.25, 0.3) is 0 Å². The Morgan fingerprint density at radius 2 is 1.83 bits per heavy atom. The first-order valence-corrected chi connectivity index (χ1v) is 11.3. The second-order valence-electron chi connectivity index (χ2n) is 6.68. The van der Waals surface area contributed by atoms with E-state index in [1.807, 2.05) is 24.3 Å². The summed E-state index contributed by atoms with van der Waals surface area (Å²) < 4.78 is 44.9. The molecule has 29 heavy (non-hydrogen) atoms. The molecule has 0 radical (unpaired) electrons. The molecule has 6 nitrogen and oxygen atoms in total. The van der Waals surface area contributed by atoms with Gasteiger partial charge in [0.25, 0.3) is 0 Å². The minimum Gasteiger partial charge on any atom is -0.497 e. The summed E-state index contributed by atoms with van der Waals surface area (Å²) in [6.45, 7) is 2.08. The Morgan fingerprint density at radius 3 is 2.38 bits per heavy atom. The summed E-state index contributed by atoms with van der Waals surface area (Å²) in [5.41, 5.74) is 0.978. The van der Waals surface area contributed by atoms with Crippen LogP contribution in [0.5, 0.6) is 5.75 Å². The fourth-order valence-corrected chi connectivity index (χ4v) is 4.29. The number of sulfonamides is 1. The van der Waals surface area contributed by atoms with E-state index in [0.717, 1.165) is 28.3 Å². The number of amides is 1. The molecule has 2 aromatic rings. The maximum Gasteiger partial charge on any atom is 0.243 e. The quantitative estimate of drug-likeness (QED) is 0.597. The first-order valence-electron chi connectivity index (χ1n) is 9.42. The molecule has 0 fully saturated rings. The number of benzene rings is 2. The number of carbonyl (C=O) groups excluding carboxylic acids is 1. The third-order valence-electron chi connectivity index (χ3n) is 4.52. The van der Waals surface area contributed by atoms with E-state index >= 15 is 0 Å². The van der Waals surface area contributed by atoms with Gasteiger partial charge in [-0.1, -0.05) is 31.2 Å². The number of carbonyl (C=O) groups is 1. The van der Waals surface area contributed by atoms with Gasteiger partial charge in [-0.25, -0.2) is 12.8 Å². The van der Waals surface area contributed by atoms with Crippen molar-refractivity contribution in [1.82, 2.24) is 5.32 Å². The average Bonchev–Trinajstić information content (AvgIpc) is 2.69. The number of anilines is 1. The Bertz CT molecular complexity index is 917. The van der Waals surface area contributed by atoms with Gasteiger partial charge in [-0.15, -0.1) is 0 Å². The van der Waals surface area contributed by atoms with Gasteiger partial charge in [0.2, 0.25) is 15.9 Å². The Labute approximate surface area is 171 Å². The number of hydrogen-bond acceptors (Lipinski definition) is 4. The Morgan fingerprint density at radius 1 is 1.17 bits per heavy atom. The molecule has 158 valence electrons. The molecule has 2 rings (SSSR count). The number of methoxy groups -OCH3 is 1. The number of para-hydroxylation sites is 1. The van der Waals surface area contributed by atoms with Crippen molar-refractivity contribution >= 4 is 21.6 Å². The third kappa shape index (κ3) is 6.19. The normalized spacial score (nSPS) is 12.3. The largest absolute Gasteiger partial charge is 0.497 e. The van der Waals surface area contributed by atoms with Crippen molar-refractivity contribution in [3.05, 3.63) is 59.9 Å². The standard InChI is InChI=1S/C21H27FN2O4S/c1-4-19(24(29(3,26)27)20-10-6-5-9-18(20)22)21(25)23-15-7-8-16-11-13-17(28-2)14-12-16/h5-6,9-14,19H,4,7-8,15H2,1-3H3,(H,23,25). The molecule has 8 heteroatoms. The van der Waals surface area contributed by atoms with Crippen LogP contribution in [0.3, 0.4) is 0 Å². The highest BCUT2D eigenvalue weighted by Gasteiger charge is 2.32. The molecule has 2 aromatic carbocycles. The first kappa shape index (κ1) is 22.7. The van der Waals surface area contributed by atoms with Crippen LogP contribution in [0, 0.1) is 5.82 Å². The number of hydrogen-bond donors (Lipinski definition) is 1. The highest BCUT2D eigenvalue weighted by molar-refractivity contribution is 7.92. The van der Waals surface area contributed by atoms with E-state index in [1.165, 1.54) is 24.3 Å². The van der Waals surface area contributed by atoms with Crippen LogP contribution in [0.2, 0.25) is 0 Å². The van der Waals surface area contributed by atoms with Crippen LogP contribution in [0.15, 0.2) is 48.5 Å². The number of nitrogens with zero attached hydrogens (tertiary/aromatic N) is 1. The molecular weight excluding hydrogens is 395 g/mol. The molecule has 1 amide bonds. The Hall–Kier alpha value is -2.61. The second-order valence-corrected chi connectivity index (χ2v) is 8.54. The summed E-state index contributed by atoms with van der Waals surface area (Å²) in [4.78, 5) is 12.7. The van der Waals surface area contributed by atoms with Gasteiger partial charge >= 0.3 is 0 Å². The van der Waals surface area contributed by atoms with Crippen molar-refractivity contribution in [3.63, 3.8) is 0 Å². The van der Waals surface area contributed by atoms with E-state index in [9.17, 15) is 17.6 Å². The zero-order chi connectivity index (χ0) is 21.4. The molecule has 0 aliphatic rings. The predicted octanol–water partition coefficient (Wildman–Crippen LogP) is 3.13. The van der Waals surface area contributed by atoms with Gasteiger partial charge < -0.3 is 10.1 Å². The minimum atomic E-state index is -3.86. The topological polar surface area (TPSA) is 75.7 Å². The summed E-state index contributed by atoms with van der Waals surface area (Å²) in [7, 11) is -2.25. The molecule has 1 unspecified atom stereocenters. The first-order chi connectivity index (χ1) is 13.8. The van der Waals surface area contributed by atoms with Crippen LogP contribution in [0.4, 0.5) is 10.1 Å². The average molecular weight is 423 g/mol. The summed E-state index contributed by atoms with van der Waals surface area (Å²) >= 11 is 0. The molecule has 0 aliphatic carbocycles. The van der Waals surface area contributed by atoms with E-state index in [0.29, 0.717) is 13.0 Å². The summed E-state index contributed by atoms with van der Waals surface area (Å²) in [5, 5.41) is 2.78. The van der Waals surface area contributed by atoms with Gasteiger partial charge in [0.05, 0.1) is 19.1 Å². The van der Waals surface area contributed by atoms with E-state index in [1.54, 1.807) is 14.0 Å². The van der Waals surface area contributed by atoms with Crippen LogP contribution >= 0.6 is 0 Å². The van der Waals surface area contributed by atoms with Crippen molar-refractivity contribution in [2.24, 2.45) is 0 Å². The van der Waals surface area contributed by atoms with Crippen LogP contribution < -0.4 is 14.4 Å². The van der Waals surface area contributed by atoms with Crippen molar-refractivity contribution in [2.75, 3.05) is 24.2 Å². The van der Waals surface area contributed by atoms with Crippen LogP contribution in [-0.2, 0) is 21.2 Å². The summed E-state index contributed by atoms with van der Waals surface area (Å²) in [5.74, 6) is -0.360. The summed E-state index contributed by atoms with van der Waals surface area (Å²) in [6, 6.07) is 12.2. The molecule has 0 bridgehead atoms. The van der Waals surface area contributed by atoms with Crippen molar-refractivity contribution in [2.45, 2.75) is 32.2 Å². The highest BCUT2D eigenvalue weighted by atomic mass is 32.2. The summed E-state index contributed by atoms with van der Waals surface area (Å²) in [6.07, 6.45) is 2.63. The van der Waals surface area contributed by atoms with E-state index in [-0.39, 0.29) is 12.1 Å². The SMILES string of the molecule is CCC(C(=O)NCCCc1ccc(OC)cc1)N(c1ccccc1F)S(C)(=O)=O. The lowest BCUT2D eigenvalue weighted by Crippen LogP contribution is -2.49. The maximum atomic E-state index is 14.2.